The van der Waals surface area contributed by atoms with E-state index in [0.717, 1.165) is 5.56 Å². The molecule has 4 atom stereocenters. The molecule has 1 aromatic heterocycles. The van der Waals surface area contributed by atoms with Gasteiger partial charge in [0.05, 0.1) is 12.4 Å². The molecule has 12 nitrogen and oxygen atoms in total. The Kier molecular flexibility index (Phi) is 11.6. The average Bonchev–Trinajstić information content (AvgIpc) is 3.46. The fraction of sp³-hybridized carbons (Fsp3) is 0.367. The van der Waals surface area contributed by atoms with Gasteiger partial charge in [-0.15, -0.1) is 0 Å². The predicted octanol–water partition coefficient (Wildman–Crippen LogP) is 1.06. The summed E-state index contributed by atoms with van der Waals surface area (Å²) >= 11 is 0. The van der Waals surface area contributed by atoms with Gasteiger partial charge in [-0.25, -0.2) is 9.78 Å². The first-order valence-corrected chi connectivity index (χ1v) is 13.7. The van der Waals surface area contributed by atoms with E-state index in [2.05, 4.69) is 25.9 Å². The minimum absolute atomic E-state index is 0.00411. The van der Waals surface area contributed by atoms with Gasteiger partial charge in [0.25, 0.3) is 0 Å². The Morgan fingerprint density at radius 2 is 1.36 bits per heavy atom. The van der Waals surface area contributed by atoms with Crippen LogP contribution in [0.15, 0.2) is 67.1 Å². The van der Waals surface area contributed by atoms with Crippen molar-refractivity contribution < 1.29 is 29.4 Å². The molecule has 0 bridgehead atoms. The van der Waals surface area contributed by atoms with E-state index < -0.39 is 47.9 Å². The van der Waals surface area contributed by atoms with Gasteiger partial charge < -0.3 is 36.9 Å². The highest BCUT2D eigenvalue weighted by Gasteiger charge is 2.31. The van der Waals surface area contributed by atoms with Crippen molar-refractivity contribution in [1.29, 1.82) is 0 Å². The smallest absolute Gasteiger partial charge is 0.326 e. The lowest BCUT2D eigenvalue weighted by Gasteiger charge is -2.26. The molecule has 0 saturated heterocycles. The molecular formula is C30H38N6O6. The molecule has 4 unspecified atom stereocenters. The fourth-order valence-corrected chi connectivity index (χ4v) is 4.38. The van der Waals surface area contributed by atoms with Crippen LogP contribution in [0.1, 0.15) is 37.1 Å². The van der Waals surface area contributed by atoms with E-state index in [4.69, 9.17) is 5.73 Å². The number of aromatic amines is 1. The van der Waals surface area contributed by atoms with Crippen LogP contribution in [0.5, 0.6) is 5.75 Å². The minimum atomic E-state index is -1.18. The van der Waals surface area contributed by atoms with Gasteiger partial charge in [-0.2, -0.15) is 0 Å². The lowest BCUT2D eigenvalue weighted by atomic mass is 10.0. The Labute approximate surface area is 244 Å². The highest BCUT2D eigenvalue weighted by molar-refractivity contribution is 5.94. The topological polar surface area (TPSA) is 200 Å². The van der Waals surface area contributed by atoms with Crippen LogP contribution in [0.3, 0.4) is 0 Å². The number of carbonyl (C=O) groups excluding carboxylic acids is 3. The summed E-state index contributed by atoms with van der Waals surface area (Å²) in [5.41, 5.74) is 8.13. The zero-order valence-electron chi connectivity index (χ0n) is 23.6. The van der Waals surface area contributed by atoms with Crippen LogP contribution >= 0.6 is 0 Å². The van der Waals surface area contributed by atoms with Gasteiger partial charge in [0, 0.05) is 31.2 Å². The van der Waals surface area contributed by atoms with E-state index in [-0.39, 0.29) is 37.4 Å². The molecule has 8 N–H and O–H groups in total. The molecule has 0 spiro atoms. The maximum absolute atomic E-state index is 13.7. The van der Waals surface area contributed by atoms with Gasteiger partial charge in [0.1, 0.15) is 23.9 Å². The standard InChI is InChI=1S/C30H38N6O6/c1-18(2)12-26(30(41)42)36-29(40)25(13-19-6-4-3-5-7-19)35-28(39)24(14-20-8-10-22(37)11-9-20)34-27(38)23(31)15-21-16-32-17-33-21/h3-11,16-18,23-26,37H,12-15,31H2,1-2H3,(H,32,33)(H,34,38)(H,35,39)(H,36,40)(H,41,42). The molecule has 0 radical (unpaired) electrons. The Hall–Kier alpha value is -4.71. The number of hydrogen-bond acceptors (Lipinski definition) is 7. The number of amides is 3. The second-order valence-corrected chi connectivity index (χ2v) is 10.6. The monoisotopic (exact) mass is 578 g/mol. The molecule has 12 heteroatoms. The molecule has 1 heterocycles. The van der Waals surface area contributed by atoms with E-state index >= 15 is 0 Å². The zero-order chi connectivity index (χ0) is 30.6. The number of aromatic hydroxyl groups is 1. The van der Waals surface area contributed by atoms with Crippen LogP contribution in [0.4, 0.5) is 0 Å². The summed E-state index contributed by atoms with van der Waals surface area (Å²) in [6, 6.07) is 10.7. The number of carboxylic acid groups (broad SMARTS) is 1. The lowest BCUT2D eigenvalue weighted by Crippen LogP contribution is -2.58. The Balaban J connectivity index is 1.83. The first-order valence-electron chi connectivity index (χ1n) is 13.7. The van der Waals surface area contributed by atoms with Gasteiger partial charge in [0.15, 0.2) is 0 Å². The molecule has 3 rings (SSSR count). The van der Waals surface area contributed by atoms with Gasteiger partial charge in [-0.1, -0.05) is 56.3 Å². The molecule has 0 aliphatic carbocycles. The van der Waals surface area contributed by atoms with Crippen LogP contribution in [-0.4, -0.2) is 68.0 Å². The summed E-state index contributed by atoms with van der Waals surface area (Å²) in [6.45, 7) is 3.69. The fourth-order valence-electron chi connectivity index (χ4n) is 4.38. The molecule has 0 fully saturated rings. The van der Waals surface area contributed by atoms with Crippen molar-refractivity contribution in [2.75, 3.05) is 0 Å². The minimum Gasteiger partial charge on any atom is -0.508 e. The summed E-state index contributed by atoms with van der Waals surface area (Å²) in [4.78, 5) is 58.7. The van der Waals surface area contributed by atoms with Crippen LogP contribution in [0, 0.1) is 5.92 Å². The van der Waals surface area contributed by atoms with Gasteiger partial charge in [0.2, 0.25) is 17.7 Å². The van der Waals surface area contributed by atoms with Crippen molar-refractivity contribution in [3.05, 3.63) is 83.9 Å². The van der Waals surface area contributed by atoms with E-state index in [0.29, 0.717) is 11.3 Å². The summed E-state index contributed by atoms with van der Waals surface area (Å²) < 4.78 is 0. The number of nitrogens with one attached hydrogen (secondary N) is 4. The van der Waals surface area contributed by atoms with Crippen LogP contribution in [-0.2, 0) is 38.4 Å². The Morgan fingerprint density at radius 3 is 1.88 bits per heavy atom. The van der Waals surface area contributed by atoms with E-state index in [1.807, 2.05) is 19.9 Å². The van der Waals surface area contributed by atoms with Crippen molar-refractivity contribution in [1.82, 2.24) is 25.9 Å². The summed E-state index contributed by atoms with van der Waals surface area (Å²) in [6.07, 6.45) is 3.51. The largest absolute Gasteiger partial charge is 0.508 e. The third-order valence-corrected chi connectivity index (χ3v) is 6.58. The van der Waals surface area contributed by atoms with Gasteiger partial charge >= 0.3 is 5.97 Å². The zero-order valence-corrected chi connectivity index (χ0v) is 23.6. The number of benzene rings is 2. The van der Waals surface area contributed by atoms with E-state index in [1.54, 1.807) is 42.6 Å². The maximum atomic E-state index is 13.7. The van der Waals surface area contributed by atoms with Gasteiger partial charge in [-0.3, -0.25) is 14.4 Å². The molecule has 42 heavy (non-hydrogen) atoms. The molecular weight excluding hydrogens is 540 g/mol. The highest BCUT2D eigenvalue weighted by Crippen LogP contribution is 2.13. The number of rotatable bonds is 15. The van der Waals surface area contributed by atoms with Crippen molar-refractivity contribution in [3.63, 3.8) is 0 Å². The van der Waals surface area contributed by atoms with Crippen LogP contribution in [0.25, 0.3) is 0 Å². The van der Waals surface area contributed by atoms with Crippen molar-refractivity contribution in [3.8, 4) is 5.75 Å². The second kappa shape index (κ2) is 15.3. The first-order chi connectivity index (χ1) is 20.0. The van der Waals surface area contributed by atoms with E-state index in [9.17, 15) is 29.4 Å². The number of aliphatic carboxylic acids is 1. The molecule has 2 aromatic carbocycles. The third-order valence-electron chi connectivity index (χ3n) is 6.58. The number of nitrogens with two attached hydrogens (primary N) is 1. The molecule has 0 aliphatic heterocycles. The molecule has 0 aliphatic rings. The lowest BCUT2D eigenvalue weighted by molar-refractivity contribution is -0.142. The number of phenols is 1. The maximum Gasteiger partial charge on any atom is 0.326 e. The molecule has 0 saturated carbocycles. The van der Waals surface area contributed by atoms with E-state index in [1.165, 1.54) is 18.5 Å². The normalized spacial score (nSPS) is 13.9. The quantitative estimate of drug-likeness (QED) is 0.139. The first kappa shape index (κ1) is 31.8. The molecule has 3 amide bonds. The average molecular weight is 579 g/mol. The number of phenolic OH excluding ortho intramolecular Hbond substituents is 1. The predicted molar refractivity (Wildman–Crippen MR) is 155 cm³/mol. The number of hydrogen-bond donors (Lipinski definition) is 7. The number of imidazole rings is 1. The third kappa shape index (κ3) is 10.0. The number of carboxylic acids is 1. The number of H-pyrrole nitrogens is 1. The number of nitrogens with zero attached hydrogens (tertiary/aromatic N) is 1. The number of carbonyl (C=O) groups is 4. The second-order valence-electron chi connectivity index (χ2n) is 10.6. The highest BCUT2D eigenvalue weighted by atomic mass is 16.4. The number of aromatic nitrogens is 2. The SMILES string of the molecule is CC(C)CC(NC(=O)C(Cc1ccccc1)NC(=O)C(Cc1ccc(O)cc1)NC(=O)C(N)Cc1cnc[nH]1)C(=O)O. The van der Waals surface area contributed by atoms with Crippen LogP contribution < -0.4 is 21.7 Å². The van der Waals surface area contributed by atoms with Crippen LogP contribution in [0.2, 0.25) is 0 Å². The summed E-state index contributed by atoms with van der Waals surface area (Å²) in [7, 11) is 0. The molecule has 224 valence electrons. The summed E-state index contributed by atoms with van der Waals surface area (Å²) in [5.74, 6) is -3.03. The Morgan fingerprint density at radius 1 is 0.810 bits per heavy atom. The van der Waals surface area contributed by atoms with Crippen molar-refractivity contribution >= 4 is 23.7 Å². The summed E-state index contributed by atoms with van der Waals surface area (Å²) in [5, 5.41) is 27.3. The molecule has 3 aromatic rings. The Bertz CT molecular complexity index is 1310. The van der Waals surface area contributed by atoms with Crippen molar-refractivity contribution in [2.24, 2.45) is 11.7 Å². The van der Waals surface area contributed by atoms with Gasteiger partial charge in [-0.05, 0) is 35.6 Å². The van der Waals surface area contributed by atoms with Crippen molar-refractivity contribution in [2.45, 2.75) is 63.7 Å².